The van der Waals surface area contributed by atoms with Crippen molar-refractivity contribution in [1.29, 1.82) is 0 Å². The van der Waals surface area contributed by atoms with E-state index < -0.39 is 11.8 Å². The van der Waals surface area contributed by atoms with Crippen molar-refractivity contribution in [2.45, 2.75) is 26.8 Å². The number of methoxy groups -OCH3 is 1. The van der Waals surface area contributed by atoms with E-state index in [-0.39, 0.29) is 17.3 Å². The van der Waals surface area contributed by atoms with Gasteiger partial charge in [0.1, 0.15) is 5.82 Å². The number of benzene rings is 1. The molecule has 0 atom stereocenters. The Kier molecular flexibility index (Phi) is 4.53. The number of hydrogen-bond acceptors (Lipinski definition) is 4. The molecule has 5 heteroatoms. The summed E-state index contributed by atoms with van der Waals surface area (Å²) >= 11 is 0. The van der Waals surface area contributed by atoms with Crippen molar-refractivity contribution in [3.63, 3.8) is 0 Å². The molecule has 0 amide bonds. The minimum atomic E-state index is -0.562. The van der Waals surface area contributed by atoms with Crippen molar-refractivity contribution in [2.75, 3.05) is 24.3 Å². The fraction of sp³-hybridized carbons (Fsp3) is 0.462. The van der Waals surface area contributed by atoms with Gasteiger partial charge < -0.3 is 15.4 Å². The minimum absolute atomic E-state index is 0.0860. The Hall–Kier alpha value is -1.78. The van der Waals surface area contributed by atoms with Gasteiger partial charge in [0.2, 0.25) is 0 Å². The van der Waals surface area contributed by atoms with E-state index in [4.69, 9.17) is 5.73 Å². The number of rotatable bonds is 4. The highest BCUT2D eigenvalue weighted by atomic mass is 19.1. The molecule has 0 aliphatic rings. The number of nitrogens with two attached hydrogens (primary N) is 1. The maximum absolute atomic E-state index is 13.9. The standard InChI is InChI=1S/C13H19FN2O2/c1-5-16(8(2)3)12-6-9(13(17)18-4)11(15)7-10(12)14/h6-8H,5,15H2,1-4H3. The van der Waals surface area contributed by atoms with Gasteiger partial charge in [0.25, 0.3) is 0 Å². The second-order valence-corrected chi connectivity index (χ2v) is 4.26. The highest BCUT2D eigenvalue weighted by molar-refractivity contribution is 5.96. The Bertz CT molecular complexity index is 447. The van der Waals surface area contributed by atoms with Crippen LogP contribution in [-0.4, -0.2) is 25.7 Å². The summed E-state index contributed by atoms with van der Waals surface area (Å²) in [7, 11) is 1.27. The zero-order valence-electron chi connectivity index (χ0n) is 11.2. The number of halogens is 1. The molecule has 100 valence electrons. The third-order valence-corrected chi connectivity index (χ3v) is 2.80. The molecule has 0 aromatic heterocycles. The number of anilines is 2. The lowest BCUT2D eigenvalue weighted by Gasteiger charge is -2.28. The van der Waals surface area contributed by atoms with E-state index in [0.717, 1.165) is 6.07 Å². The molecular formula is C13H19FN2O2. The van der Waals surface area contributed by atoms with Crippen LogP contribution < -0.4 is 10.6 Å². The van der Waals surface area contributed by atoms with Gasteiger partial charge in [-0.25, -0.2) is 9.18 Å². The Morgan fingerprint density at radius 1 is 1.50 bits per heavy atom. The van der Waals surface area contributed by atoms with Gasteiger partial charge >= 0.3 is 5.97 Å². The van der Waals surface area contributed by atoms with Crippen LogP contribution in [0.4, 0.5) is 15.8 Å². The zero-order valence-corrected chi connectivity index (χ0v) is 11.2. The van der Waals surface area contributed by atoms with Crippen molar-refractivity contribution >= 4 is 17.3 Å². The van der Waals surface area contributed by atoms with E-state index >= 15 is 0 Å². The zero-order chi connectivity index (χ0) is 13.9. The van der Waals surface area contributed by atoms with E-state index in [1.807, 2.05) is 25.7 Å². The van der Waals surface area contributed by atoms with E-state index in [9.17, 15) is 9.18 Å². The Labute approximate surface area is 107 Å². The van der Waals surface area contributed by atoms with Crippen LogP contribution in [-0.2, 0) is 4.74 Å². The third kappa shape index (κ3) is 2.72. The molecule has 1 aromatic carbocycles. The Morgan fingerprint density at radius 2 is 2.11 bits per heavy atom. The van der Waals surface area contributed by atoms with Gasteiger partial charge in [-0.3, -0.25) is 0 Å². The van der Waals surface area contributed by atoms with Gasteiger partial charge in [-0.05, 0) is 32.9 Å². The summed E-state index contributed by atoms with van der Waals surface area (Å²) in [5.74, 6) is -0.996. The molecule has 0 aliphatic heterocycles. The van der Waals surface area contributed by atoms with Crippen LogP contribution in [0.3, 0.4) is 0 Å². The second kappa shape index (κ2) is 5.71. The monoisotopic (exact) mass is 254 g/mol. The van der Waals surface area contributed by atoms with Crippen molar-refractivity contribution in [2.24, 2.45) is 0 Å². The van der Waals surface area contributed by atoms with Gasteiger partial charge in [0.15, 0.2) is 0 Å². The number of ether oxygens (including phenoxy) is 1. The van der Waals surface area contributed by atoms with Crippen LogP contribution in [0.2, 0.25) is 0 Å². The lowest BCUT2D eigenvalue weighted by atomic mass is 10.1. The molecule has 2 N–H and O–H groups in total. The maximum atomic E-state index is 13.9. The first-order valence-electron chi connectivity index (χ1n) is 5.86. The average Bonchev–Trinajstić information content (AvgIpc) is 2.31. The molecule has 0 bridgehead atoms. The average molecular weight is 254 g/mol. The third-order valence-electron chi connectivity index (χ3n) is 2.80. The van der Waals surface area contributed by atoms with Crippen LogP contribution in [0, 0.1) is 5.82 Å². The fourth-order valence-corrected chi connectivity index (χ4v) is 1.90. The molecule has 18 heavy (non-hydrogen) atoms. The van der Waals surface area contributed by atoms with Crippen LogP contribution >= 0.6 is 0 Å². The van der Waals surface area contributed by atoms with Crippen LogP contribution in [0.15, 0.2) is 12.1 Å². The summed E-state index contributed by atoms with van der Waals surface area (Å²) in [6.45, 7) is 6.47. The first-order valence-corrected chi connectivity index (χ1v) is 5.86. The SMILES string of the molecule is CCN(c1cc(C(=O)OC)c(N)cc1F)C(C)C. The fourth-order valence-electron chi connectivity index (χ4n) is 1.90. The molecule has 0 saturated carbocycles. The summed E-state index contributed by atoms with van der Waals surface area (Å²) in [6, 6.07) is 2.73. The number of esters is 1. The van der Waals surface area contributed by atoms with E-state index in [2.05, 4.69) is 4.74 Å². The minimum Gasteiger partial charge on any atom is -0.465 e. The topological polar surface area (TPSA) is 55.6 Å². The molecule has 0 unspecified atom stereocenters. The van der Waals surface area contributed by atoms with Gasteiger partial charge in [-0.1, -0.05) is 0 Å². The van der Waals surface area contributed by atoms with Gasteiger partial charge in [0, 0.05) is 18.3 Å². The second-order valence-electron chi connectivity index (χ2n) is 4.26. The molecule has 1 aromatic rings. The highest BCUT2D eigenvalue weighted by Gasteiger charge is 2.19. The van der Waals surface area contributed by atoms with Crippen LogP contribution in [0.5, 0.6) is 0 Å². The molecule has 0 heterocycles. The predicted molar refractivity (Wildman–Crippen MR) is 70.3 cm³/mol. The molecule has 1 rings (SSSR count). The summed E-state index contributed by atoms with van der Waals surface area (Å²) in [5, 5.41) is 0. The number of hydrogen-bond donors (Lipinski definition) is 1. The Morgan fingerprint density at radius 3 is 2.56 bits per heavy atom. The number of carbonyl (C=O) groups is 1. The summed E-state index contributed by atoms with van der Waals surface area (Å²) in [5.41, 5.74) is 6.26. The van der Waals surface area contributed by atoms with Crippen LogP contribution in [0.1, 0.15) is 31.1 Å². The lowest BCUT2D eigenvalue weighted by molar-refractivity contribution is 0.0602. The lowest BCUT2D eigenvalue weighted by Crippen LogP contribution is -2.31. The summed E-state index contributed by atoms with van der Waals surface area (Å²) in [6.07, 6.45) is 0. The quantitative estimate of drug-likeness (QED) is 0.662. The van der Waals surface area contributed by atoms with Crippen LogP contribution in [0.25, 0.3) is 0 Å². The van der Waals surface area contributed by atoms with Crippen molar-refractivity contribution in [1.82, 2.24) is 0 Å². The largest absolute Gasteiger partial charge is 0.465 e. The summed E-state index contributed by atoms with van der Waals surface area (Å²) < 4.78 is 18.5. The van der Waals surface area contributed by atoms with Gasteiger partial charge in [-0.15, -0.1) is 0 Å². The smallest absolute Gasteiger partial charge is 0.340 e. The summed E-state index contributed by atoms with van der Waals surface area (Å²) in [4.78, 5) is 13.4. The number of nitrogen functional groups attached to an aromatic ring is 1. The van der Waals surface area contributed by atoms with Gasteiger partial charge in [-0.2, -0.15) is 0 Å². The molecular weight excluding hydrogens is 235 g/mol. The molecule has 0 saturated heterocycles. The molecule has 0 spiro atoms. The normalized spacial score (nSPS) is 10.6. The first kappa shape index (κ1) is 14.3. The molecule has 4 nitrogen and oxygen atoms in total. The van der Waals surface area contributed by atoms with Crippen molar-refractivity contribution in [3.05, 3.63) is 23.5 Å². The molecule has 0 radical (unpaired) electrons. The van der Waals surface area contributed by atoms with E-state index in [0.29, 0.717) is 12.2 Å². The molecule has 0 aliphatic carbocycles. The van der Waals surface area contributed by atoms with Crippen molar-refractivity contribution in [3.8, 4) is 0 Å². The van der Waals surface area contributed by atoms with E-state index in [1.54, 1.807) is 0 Å². The van der Waals surface area contributed by atoms with E-state index in [1.165, 1.54) is 13.2 Å². The highest BCUT2D eigenvalue weighted by Crippen LogP contribution is 2.27. The first-order chi connectivity index (χ1) is 8.42. The molecule has 0 fully saturated rings. The Balaban J connectivity index is 3.32. The number of carbonyl (C=O) groups excluding carboxylic acids is 1. The van der Waals surface area contributed by atoms with Crippen molar-refractivity contribution < 1.29 is 13.9 Å². The predicted octanol–water partition coefficient (Wildman–Crippen LogP) is 2.43. The van der Waals surface area contributed by atoms with Gasteiger partial charge in [0.05, 0.1) is 18.4 Å². The maximum Gasteiger partial charge on any atom is 0.340 e. The number of nitrogens with zero attached hydrogens (tertiary/aromatic N) is 1.